The van der Waals surface area contributed by atoms with Crippen molar-refractivity contribution in [1.82, 2.24) is 4.98 Å². The van der Waals surface area contributed by atoms with Crippen LogP contribution in [0.15, 0.2) is 18.3 Å². The predicted molar refractivity (Wildman–Crippen MR) is 55.2 cm³/mol. The normalized spacial score (nSPS) is 22.0. The van der Waals surface area contributed by atoms with Crippen molar-refractivity contribution in [2.24, 2.45) is 5.73 Å². The van der Waals surface area contributed by atoms with Crippen LogP contribution in [0.2, 0.25) is 0 Å². The number of methoxy groups -OCH3 is 1. The minimum Gasteiger partial charge on any atom is -0.383 e. The summed E-state index contributed by atoms with van der Waals surface area (Å²) in [6.45, 7) is 0.612. The molecule has 1 aromatic heterocycles. The molecule has 2 atom stereocenters. The molecule has 3 heteroatoms. The van der Waals surface area contributed by atoms with E-state index in [0.717, 1.165) is 12.8 Å². The van der Waals surface area contributed by atoms with Crippen LogP contribution >= 0.6 is 0 Å². The first-order valence-electron chi connectivity index (χ1n) is 5.01. The summed E-state index contributed by atoms with van der Waals surface area (Å²) >= 11 is 0. The van der Waals surface area contributed by atoms with Gasteiger partial charge in [0.2, 0.25) is 0 Å². The molecule has 1 aliphatic rings. The van der Waals surface area contributed by atoms with E-state index in [1.54, 1.807) is 7.11 Å². The Balaban J connectivity index is 2.17. The third kappa shape index (κ3) is 1.65. The lowest BCUT2D eigenvalue weighted by Gasteiger charge is -2.18. The Morgan fingerprint density at radius 2 is 2.57 bits per heavy atom. The molecule has 0 aromatic carbocycles. The second kappa shape index (κ2) is 4.07. The number of aromatic nitrogens is 1. The average Bonchev–Trinajstić information content (AvgIpc) is 2.61. The van der Waals surface area contributed by atoms with Crippen LogP contribution in [0, 0.1) is 0 Å². The third-order valence-electron chi connectivity index (χ3n) is 2.88. The Hall–Kier alpha value is -0.930. The molecule has 0 aliphatic heterocycles. The smallest absolute Gasteiger partial charge is 0.0620 e. The fourth-order valence-electron chi connectivity index (χ4n) is 2.17. The zero-order valence-corrected chi connectivity index (χ0v) is 8.44. The minimum atomic E-state index is 0.0798. The Labute approximate surface area is 84.3 Å². The number of nitrogens with two attached hydrogens (primary N) is 1. The number of fused-ring (bicyclic) bond motifs is 1. The second-order valence-electron chi connectivity index (χ2n) is 3.81. The molecule has 0 bridgehead atoms. The highest BCUT2D eigenvalue weighted by atomic mass is 16.5. The van der Waals surface area contributed by atoms with Crippen LogP contribution in [0.3, 0.4) is 0 Å². The lowest BCUT2D eigenvalue weighted by Crippen LogP contribution is -2.32. The number of hydrogen-bond donors (Lipinski definition) is 1. The molecular formula is C11H16N2O. The number of nitrogens with zero attached hydrogens (tertiary/aromatic N) is 1. The SMILES string of the molecule is COCC(N)C1CCc2cccnc21. The van der Waals surface area contributed by atoms with E-state index in [0.29, 0.717) is 12.5 Å². The highest BCUT2D eigenvalue weighted by Gasteiger charge is 2.28. The molecule has 0 saturated carbocycles. The summed E-state index contributed by atoms with van der Waals surface area (Å²) in [6.07, 6.45) is 4.05. The highest BCUT2D eigenvalue weighted by molar-refractivity contribution is 5.29. The van der Waals surface area contributed by atoms with Crippen LogP contribution < -0.4 is 5.73 Å². The molecule has 0 saturated heterocycles. The van der Waals surface area contributed by atoms with Gasteiger partial charge in [-0.3, -0.25) is 4.98 Å². The molecular weight excluding hydrogens is 176 g/mol. The zero-order valence-electron chi connectivity index (χ0n) is 8.44. The van der Waals surface area contributed by atoms with Gasteiger partial charge in [0, 0.05) is 31.0 Å². The first-order chi connectivity index (χ1) is 6.83. The molecule has 1 aromatic rings. The minimum absolute atomic E-state index is 0.0798. The van der Waals surface area contributed by atoms with Gasteiger partial charge in [-0.05, 0) is 24.5 Å². The number of rotatable bonds is 3. The van der Waals surface area contributed by atoms with Crippen molar-refractivity contribution in [2.75, 3.05) is 13.7 Å². The fourth-order valence-corrected chi connectivity index (χ4v) is 2.17. The third-order valence-corrected chi connectivity index (χ3v) is 2.88. The van der Waals surface area contributed by atoms with Crippen LogP contribution in [0.25, 0.3) is 0 Å². The van der Waals surface area contributed by atoms with Gasteiger partial charge < -0.3 is 10.5 Å². The summed E-state index contributed by atoms with van der Waals surface area (Å²) < 4.78 is 5.08. The quantitative estimate of drug-likeness (QED) is 0.779. The summed E-state index contributed by atoms with van der Waals surface area (Å²) in [4.78, 5) is 4.41. The Bertz CT molecular complexity index is 314. The van der Waals surface area contributed by atoms with Gasteiger partial charge in [-0.15, -0.1) is 0 Å². The molecule has 2 N–H and O–H groups in total. The Kier molecular flexibility index (Phi) is 2.79. The van der Waals surface area contributed by atoms with E-state index >= 15 is 0 Å². The number of ether oxygens (including phenoxy) is 1. The molecule has 76 valence electrons. The van der Waals surface area contributed by atoms with E-state index in [2.05, 4.69) is 11.1 Å². The van der Waals surface area contributed by atoms with Crippen molar-refractivity contribution in [3.8, 4) is 0 Å². The van der Waals surface area contributed by atoms with Crippen molar-refractivity contribution < 1.29 is 4.74 Å². The molecule has 0 amide bonds. The van der Waals surface area contributed by atoms with Crippen LogP contribution in [-0.4, -0.2) is 24.7 Å². The lowest BCUT2D eigenvalue weighted by atomic mass is 9.98. The summed E-state index contributed by atoms with van der Waals surface area (Å²) in [5.74, 6) is 0.381. The van der Waals surface area contributed by atoms with E-state index in [4.69, 9.17) is 10.5 Å². The first kappa shape index (κ1) is 9.62. The topological polar surface area (TPSA) is 48.1 Å². The molecule has 0 radical (unpaired) electrons. The van der Waals surface area contributed by atoms with E-state index < -0.39 is 0 Å². The molecule has 0 spiro atoms. The second-order valence-corrected chi connectivity index (χ2v) is 3.81. The predicted octanol–water partition coefficient (Wildman–Crippen LogP) is 1.09. The van der Waals surface area contributed by atoms with E-state index in [9.17, 15) is 0 Å². The van der Waals surface area contributed by atoms with Gasteiger partial charge in [-0.1, -0.05) is 6.07 Å². The van der Waals surface area contributed by atoms with E-state index in [1.807, 2.05) is 12.3 Å². The van der Waals surface area contributed by atoms with Gasteiger partial charge in [0.25, 0.3) is 0 Å². The average molecular weight is 192 g/mol. The maximum atomic E-state index is 6.04. The van der Waals surface area contributed by atoms with Crippen LogP contribution in [0.4, 0.5) is 0 Å². The maximum Gasteiger partial charge on any atom is 0.0620 e. The van der Waals surface area contributed by atoms with E-state index in [1.165, 1.54) is 11.3 Å². The lowest BCUT2D eigenvalue weighted by molar-refractivity contribution is 0.169. The summed E-state index contributed by atoms with van der Waals surface area (Å²) in [6, 6.07) is 4.21. The summed E-state index contributed by atoms with van der Waals surface area (Å²) in [7, 11) is 1.69. The molecule has 2 rings (SSSR count). The molecule has 1 heterocycles. The Morgan fingerprint density at radius 1 is 1.71 bits per heavy atom. The fraction of sp³-hybridized carbons (Fsp3) is 0.545. The number of pyridine rings is 1. The van der Waals surface area contributed by atoms with Crippen molar-refractivity contribution >= 4 is 0 Å². The van der Waals surface area contributed by atoms with Crippen LogP contribution in [0.1, 0.15) is 23.6 Å². The van der Waals surface area contributed by atoms with Gasteiger partial charge in [0.05, 0.1) is 6.61 Å². The highest BCUT2D eigenvalue weighted by Crippen LogP contribution is 2.32. The van der Waals surface area contributed by atoms with Gasteiger partial charge in [0.15, 0.2) is 0 Å². The van der Waals surface area contributed by atoms with Gasteiger partial charge in [-0.25, -0.2) is 0 Å². The number of aryl methyl sites for hydroxylation is 1. The molecule has 1 aliphatic carbocycles. The van der Waals surface area contributed by atoms with Crippen molar-refractivity contribution in [3.05, 3.63) is 29.6 Å². The largest absolute Gasteiger partial charge is 0.383 e. The summed E-state index contributed by atoms with van der Waals surface area (Å²) in [5.41, 5.74) is 8.57. The van der Waals surface area contributed by atoms with Crippen LogP contribution in [0.5, 0.6) is 0 Å². The van der Waals surface area contributed by atoms with Gasteiger partial charge in [0.1, 0.15) is 0 Å². The first-order valence-corrected chi connectivity index (χ1v) is 5.01. The van der Waals surface area contributed by atoms with Gasteiger partial charge >= 0.3 is 0 Å². The summed E-state index contributed by atoms with van der Waals surface area (Å²) in [5, 5.41) is 0. The van der Waals surface area contributed by atoms with Crippen LogP contribution in [-0.2, 0) is 11.2 Å². The van der Waals surface area contributed by atoms with Gasteiger partial charge in [-0.2, -0.15) is 0 Å². The molecule has 14 heavy (non-hydrogen) atoms. The maximum absolute atomic E-state index is 6.04. The molecule has 3 nitrogen and oxygen atoms in total. The van der Waals surface area contributed by atoms with Crippen molar-refractivity contribution in [2.45, 2.75) is 24.8 Å². The van der Waals surface area contributed by atoms with E-state index in [-0.39, 0.29) is 6.04 Å². The zero-order chi connectivity index (χ0) is 9.97. The Morgan fingerprint density at radius 3 is 3.36 bits per heavy atom. The molecule has 0 fully saturated rings. The van der Waals surface area contributed by atoms with Crippen molar-refractivity contribution in [3.63, 3.8) is 0 Å². The number of hydrogen-bond acceptors (Lipinski definition) is 3. The monoisotopic (exact) mass is 192 g/mol. The standard InChI is InChI=1S/C11H16N2O/c1-14-7-10(12)9-5-4-8-3-2-6-13-11(8)9/h2-3,6,9-10H,4-5,7,12H2,1H3. The molecule has 2 unspecified atom stereocenters. The van der Waals surface area contributed by atoms with Crippen molar-refractivity contribution in [1.29, 1.82) is 0 Å².